The van der Waals surface area contributed by atoms with E-state index in [2.05, 4.69) is 5.10 Å². The Balaban J connectivity index is 1.60. The second kappa shape index (κ2) is 7.84. The fourth-order valence-corrected chi connectivity index (χ4v) is 3.16. The average Bonchev–Trinajstić information content (AvgIpc) is 3.34. The number of hydrogen-bond acceptors (Lipinski definition) is 7. The van der Waals surface area contributed by atoms with Crippen molar-refractivity contribution in [1.29, 1.82) is 0 Å². The van der Waals surface area contributed by atoms with Crippen LogP contribution in [-0.2, 0) is 4.79 Å². The number of phenols is 1. The molecule has 0 saturated carbocycles. The minimum Gasteiger partial charge on any atom is -0.507 e. The first-order chi connectivity index (χ1) is 15.2. The first-order valence-corrected chi connectivity index (χ1v) is 9.27. The first kappa shape index (κ1) is 20.5. The third-order valence-electron chi connectivity index (χ3n) is 4.79. The normalized spacial score (nSPS) is 14.7. The molecule has 0 radical (unpaired) electrons. The quantitative estimate of drug-likeness (QED) is 0.350. The zero-order chi connectivity index (χ0) is 23.0. The monoisotopic (exact) mass is 433 g/mol. The van der Waals surface area contributed by atoms with E-state index >= 15 is 0 Å². The van der Waals surface area contributed by atoms with Crippen LogP contribution < -0.4 is 5.01 Å². The van der Waals surface area contributed by atoms with Crippen molar-refractivity contribution in [3.05, 3.63) is 81.6 Å². The number of amides is 1. The van der Waals surface area contributed by atoms with Gasteiger partial charge in [0.25, 0.3) is 11.6 Å². The topological polar surface area (TPSA) is 146 Å². The van der Waals surface area contributed by atoms with Crippen molar-refractivity contribution in [2.45, 2.75) is 6.92 Å². The fraction of sp³-hybridized carbons (Fsp3) is 0.0455. The molecule has 0 aliphatic carbocycles. The largest absolute Gasteiger partial charge is 0.507 e. The lowest BCUT2D eigenvalue weighted by Gasteiger charge is -2.12. The lowest BCUT2D eigenvalue weighted by molar-refractivity contribution is -0.384. The molecule has 2 aromatic carbocycles. The fourth-order valence-electron chi connectivity index (χ4n) is 3.16. The predicted molar refractivity (Wildman–Crippen MR) is 114 cm³/mol. The van der Waals surface area contributed by atoms with Crippen molar-refractivity contribution < 1.29 is 29.1 Å². The van der Waals surface area contributed by atoms with E-state index < -0.39 is 22.5 Å². The van der Waals surface area contributed by atoms with Gasteiger partial charge in [-0.05, 0) is 55.5 Å². The molecule has 2 heterocycles. The Kier molecular flexibility index (Phi) is 5.03. The third kappa shape index (κ3) is 3.72. The number of carboxylic acid groups (broad SMARTS) is 1. The Hall–Kier alpha value is -4.73. The number of non-ortho nitro benzene ring substituents is 1. The molecule has 160 valence electrons. The lowest BCUT2D eigenvalue weighted by Crippen LogP contribution is -2.21. The van der Waals surface area contributed by atoms with E-state index in [0.717, 1.165) is 11.1 Å². The van der Waals surface area contributed by atoms with Gasteiger partial charge in [0, 0.05) is 17.7 Å². The van der Waals surface area contributed by atoms with Crippen molar-refractivity contribution in [2.24, 2.45) is 5.10 Å². The first-order valence-electron chi connectivity index (χ1n) is 9.27. The van der Waals surface area contributed by atoms with Crippen molar-refractivity contribution in [3.63, 3.8) is 0 Å². The highest BCUT2D eigenvalue weighted by atomic mass is 16.6. The number of nitro benzene ring substituents is 1. The van der Waals surface area contributed by atoms with Gasteiger partial charge in [0.1, 0.15) is 22.8 Å². The number of carbonyl (C=O) groups excluding carboxylic acids is 1. The molecule has 0 spiro atoms. The number of aromatic carboxylic acids is 1. The van der Waals surface area contributed by atoms with Crippen molar-refractivity contribution in [3.8, 4) is 17.1 Å². The minimum absolute atomic E-state index is 0.0357. The highest BCUT2D eigenvalue weighted by molar-refractivity contribution is 6.32. The van der Waals surface area contributed by atoms with E-state index in [9.17, 15) is 29.9 Å². The maximum absolute atomic E-state index is 12.9. The molecule has 10 nitrogen and oxygen atoms in total. The summed E-state index contributed by atoms with van der Waals surface area (Å²) in [6, 6.07) is 12.9. The van der Waals surface area contributed by atoms with E-state index in [1.807, 2.05) is 0 Å². The van der Waals surface area contributed by atoms with Crippen LogP contribution >= 0.6 is 0 Å². The second-order valence-corrected chi connectivity index (χ2v) is 6.87. The molecule has 3 aromatic rings. The molecule has 32 heavy (non-hydrogen) atoms. The molecule has 1 aliphatic rings. The Morgan fingerprint density at radius 3 is 2.53 bits per heavy atom. The summed E-state index contributed by atoms with van der Waals surface area (Å²) in [5.74, 6) is -1.40. The summed E-state index contributed by atoms with van der Waals surface area (Å²) < 4.78 is 5.75. The molecule has 1 aliphatic heterocycles. The van der Waals surface area contributed by atoms with Gasteiger partial charge < -0.3 is 14.6 Å². The van der Waals surface area contributed by atoms with Crippen LogP contribution in [0.15, 0.2) is 69.7 Å². The number of rotatable bonds is 5. The van der Waals surface area contributed by atoms with Crippen LogP contribution in [-0.4, -0.2) is 32.7 Å². The third-order valence-corrected chi connectivity index (χ3v) is 4.79. The van der Waals surface area contributed by atoms with Crippen LogP contribution in [0.25, 0.3) is 17.4 Å². The van der Waals surface area contributed by atoms with Crippen LogP contribution in [0.2, 0.25) is 0 Å². The van der Waals surface area contributed by atoms with Gasteiger partial charge in [-0.3, -0.25) is 14.9 Å². The van der Waals surface area contributed by atoms with Gasteiger partial charge >= 0.3 is 5.97 Å². The molecule has 0 unspecified atom stereocenters. The number of hydrazone groups is 1. The summed E-state index contributed by atoms with van der Waals surface area (Å²) in [4.78, 5) is 34.4. The molecule has 4 rings (SSSR count). The van der Waals surface area contributed by atoms with Crippen molar-refractivity contribution >= 4 is 35.0 Å². The highest BCUT2D eigenvalue weighted by Gasteiger charge is 2.30. The van der Waals surface area contributed by atoms with Crippen LogP contribution in [0.3, 0.4) is 0 Å². The minimum atomic E-state index is -1.33. The number of nitrogens with zero attached hydrogens (tertiary/aromatic N) is 3. The number of anilines is 1. The van der Waals surface area contributed by atoms with Gasteiger partial charge in [0.15, 0.2) is 0 Å². The Morgan fingerprint density at radius 2 is 1.88 bits per heavy atom. The van der Waals surface area contributed by atoms with Crippen LogP contribution in [0.4, 0.5) is 11.4 Å². The van der Waals surface area contributed by atoms with Gasteiger partial charge in [-0.2, -0.15) is 10.1 Å². The molecule has 2 N–H and O–H groups in total. The summed E-state index contributed by atoms with van der Waals surface area (Å²) in [5, 5.41) is 34.9. The van der Waals surface area contributed by atoms with Crippen LogP contribution in [0, 0.1) is 10.1 Å². The predicted octanol–water partition coefficient (Wildman–Crippen LogP) is 4.06. The maximum Gasteiger partial charge on any atom is 0.339 e. The molecule has 1 aromatic heterocycles. The summed E-state index contributed by atoms with van der Waals surface area (Å²) >= 11 is 0. The molecule has 0 bridgehead atoms. The molecule has 10 heteroatoms. The number of carboxylic acids is 1. The van der Waals surface area contributed by atoms with Crippen LogP contribution in [0.5, 0.6) is 5.75 Å². The molecule has 1 amide bonds. The summed E-state index contributed by atoms with van der Waals surface area (Å²) in [6.45, 7) is 1.63. The number of furan rings is 1. The zero-order valence-electron chi connectivity index (χ0n) is 16.6. The summed E-state index contributed by atoms with van der Waals surface area (Å²) in [7, 11) is 0. The number of carbonyl (C=O) groups is 2. The zero-order valence-corrected chi connectivity index (χ0v) is 16.6. The molecule has 0 atom stereocenters. The number of hydrogen-bond donors (Lipinski definition) is 2. The van der Waals surface area contributed by atoms with Gasteiger partial charge in [0.2, 0.25) is 0 Å². The lowest BCUT2D eigenvalue weighted by atomic mass is 10.1. The van der Waals surface area contributed by atoms with E-state index in [-0.39, 0.29) is 22.5 Å². The Morgan fingerprint density at radius 1 is 1.16 bits per heavy atom. The molecular formula is C22H15N3O7. The Labute approximate surface area is 180 Å². The maximum atomic E-state index is 12.9. The van der Waals surface area contributed by atoms with Crippen molar-refractivity contribution in [2.75, 3.05) is 5.01 Å². The van der Waals surface area contributed by atoms with Gasteiger partial charge in [0.05, 0.1) is 21.9 Å². The van der Waals surface area contributed by atoms with E-state index in [1.54, 1.807) is 31.2 Å². The Bertz CT molecular complexity index is 1320. The van der Waals surface area contributed by atoms with E-state index in [0.29, 0.717) is 22.8 Å². The van der Waals surface area contributed by atoms with Crippen molar-refractivity contribution in [1.82, 2.24) is 0 Å². The van der Waals surface area contributed by atoms with Gasteiger partial charge in [-0.15, -0.1) is 0 Å². The SMILES string of the molecule is CC1=NN(c2ccc(O)c(C(=O)O)c2)C(=O)/C1=C\c1ccc(-c2ccc([N+](=O)[O-])cc2)o1. The van der Waals surface area contributed by atoms with Gasteiger partial charge in [-0.25, -0.2) is 4.79 Å². The molecule has 0 saturated heterocycles. The van der Waals surface area contributed by atoms with Crippen LogP contribution in [0.1, 0.15) is 23.0 Å². The second-order valence-electron chi connectivity index (χ2n) is 6.87. The number of nitro groups is 1. The molecular weight excluding hydrogens is 418 g/mol. The van der Waals surface area contributed by atoms with E-state index in [1.165, 1.54) is 30.3 Å². The number of benzene rings is 2. The summed E-state index contributed by atoms with van der Waals surface area (Å²) in [5.41, 5.74) is 1.09. The molecule has 0 fully saturated rings. The van der Waals surface area contributed by atoms with Gasteiger partial charge in [-0.1, -0.05) is 0 Å². The number of aromatic hydroxyl groups is 1. The average molecular weight is 433 g/mol. The van der Waals surface area contributed by atoms with E-state index in [4.69, 9.17) is 4.42 Å². The smallest absolute Gasteiger partial charge is 0.339 e. The highest BCUT2D eigenvalue weighted by Crippen LogP contribution is 2.30. The summed E-state index contributed by atoms with van der Waals surface area (Å²) in [6.07, 6.45) is 1.51. The standard InChI is InChI=1S/C22H15N3O7/c1-12-17(21(27)24(23-12)15-6-8-19(26)18(10-15)22(28)29)11-16-7-9-20(32-16)13-2-4-14(5-3-13)25(30)31/h2-11,26H,1H3,(H,28,29)/b17-11-.